The van der Waals surface area contributed by atoms with Crippen LogP contribution in [0, 0.1) is 5.92 Å². The van der Waals surface area contributed by atoms with Crippen molar-refractivity contribution in [2.24, 2.45) is 5.92 Å². The molecule has 1 saturated heterocycles. The first-order valence-corrected chi connectivity index (χ1v) is 9.64. The molecule has 27 heavy (non-hydrogen) atoms. The summed E-state index contributed by atoms with van der Waals surface area (Å²) in [6.07, 6.45) is 4.47. The van der Waals surface area contributed by atoms with Crippen LogP contribution in [0.1, 0.15) is 12.8 Å². The fourth-order valence-electron chi connectivity index (χ4n) is 3.39. The maximum Gasteiger partial charge on any atom is 0.242 e. The number of fused-ring (bicyclic) bond motifs is 1. The highest BCUT2D eigenvalue weighted by molar-refractivity contribution is 5.95. The molecule has 0 atom stereocenters. The molecule has 2 fully saturated rings. The van der Waals surface area contributed by atoms with E-state index in [0.717, 1.165) is 29.1 Å². The number of ether oxygens (including phenoxy) is 1. The molecule has 2 heterocycles. The van der Waals surface area contributed by atoms with Gasteiger partial charge in [0.05, 0.1) is 19.8 Å². The molecule has 2 amide bonds. The van der Waals surface area contributed by atoms with E-state index in [2.05, 4.69) is 10.6 Å². The van der Waals surface area contributed by atoms with Gasteiger partial charge in [0.2, 0.25) is 11.8 Å². The third kappa shape index (κ3) is 4.67. The lowest BCUT2D eigenvalue weighted by molar-refractivity contribution is -0.135. The summed E-state index contributed by atoms with van der Waals surface area (Å²) in [7, 11) is 0. The van der Waals surface area contributed by atoms with E-state index < -0.39 is 0 Å². The Morgan fingerprint density at radius 3 is 2.74 bits per heavy atom. The van der Waals surface area contributed by atoms with E-state index >= 15 is 0 Å². The van der Waals surface area contributed by atoms with E-state index in [-0.39, 0.29) is 11.8 Å². The van der Waals surface area contributed by atoms with Crippen molar-refractivity contribution in [3.63, 3.8) is 0 Å². The van der Waals surface area contributed by atoms with Crippen molar-refractivity contribution in [1.82, 2.24) is 14.8 Å². The summed E-state index contributed by atoms with van der Waals surface area (Å²) in [4.78, 5) is 26.3. The molecule has 7 heteroatoms. The maximum atomic E-state index is 12.5. The van der Waals surface area contributed by atoms with Gasteiger partial charge in [0.25, 0.3) is 0 Å². The first-order valence-electron chi connectivity index (χ1n) is 9.64. The minimum absolute atomic E-state index is 0.0306. The minimum atomic E-state index is -0.0306. The Morgan fingerprint density at radius 2 is 1.96 bits per heavy atom. The number of rotatable bonds is 7. The number of amides is 2. The van der Waals surface area contributed by atoms with Gasteiger partial charge in [-0.05, 0) is 49.6 Å². The van der Waals surface area contributed by atoms with E-state index in [1.165, 1.54) is 12.8 Å². The number of aromatic nitrogens is 1. The molecule has 1 saturated carbocycles. The number of morpholine rings is 1. The van der Waals surface area contributed by atoms with Crippen LogP contribution in [-0.2, 0) is 20.9 Å². The quantitative estimate of drug-likeness (QED) is 0.773. The van der Waals surface area contributed by atoms with Gasteiger partial charge >= 0.3 is 0 Å². The molecular weight excluding hydrogens is 344 g/mol. The number of benzene rings is 1. The Bertz CT molecular complexity index is 822. The van der Waals surface area contributed by atoms with Crippen LogP contribution < -0.4 is 10.6 Å². The maximum absolute atomic E-state index is 12.5. The summed E-state index contributed by atoms with van der Waals surface area (Å²) in [6.45, 7) is 4.11. The van der Waals surface area contributed by atoms with E-state index in [9.17, 15) is 9.59 Å². The zero-order chi connectivity index (χ0) is 18.6. The third-order valence-corrected chi connectivity index (χ3v) is 5.14. The van der Waals surface area contributed by atoms with Crippen LogP contribution in [0.15, 0.2) is 30.5 Å². The first kappa shape index (κ1) is 18.0. The molecule has 0 radical (unpaired) electrons. The molecule has 0 bridgehead atoms. The van der Waals surface area contributed by atoms with Gasteiger partial charge in [-0.2, -0.15) is 0 Å². The van der Waals surface area contributed by atoms with E-state index in [4.69, 9.17) is 4.74 Å². The van der Waals surface area contributed by atoms with Gasteiger partial charge in [-0.1, -0.05) is 0 Å². The summed E-state index contributed by atoms with van der Waals surface area (Å²) in [5.41, 5.74) is 1.76. The molecule has 2 N–H and O–H groups in total. The monoisotopic (exact) mass is 370 g/mol. The largest absolute Gasteiger partial charge is 0.378 e. The Balaban J connectivity index is 1.35. The Labute approximate surface area is 158 Å². The zero-order valence-corrected chi connectivity index (χ0v) is 15.4. The third-order valence-electron chi connectivity index (χ3n) is 5.14. The van der Waals surface area contributed by atoms with Crippen LogP contribution in [0.2, 0.25) is 0 Å². The van der Waals surface area contributed by atoms with Crippen molar-refractivity contribution in [2.45, 2.75) is 19.4 Å². The smallest absolute Gasteiger partial charge is 0.242 e. The number of nitrogens with one attached hydrogen (secondary N) is 2. The van der Waals surface area contributed by atoms with Gasteiger partial charge < -0.3 is 24.8 Å². The van der Waals surface area contributed by atoms with E-state index in [1.54, 1.807) is 0 Å². The Kier molecular flexibility index (Phi) is 5.40. The predicted octanol–water partition coefficient (Wildman–Crippen LogP) is 1.44. The average molecular weight is 370 g/mol. The minimum Gasteiger partial charge on any atom is -0.378 e. The molecule has 2 aromatic rings. The number of nitrogens with zero attached hydrogens (tertiary/aromatic N) is 2. The van der Waals surface area contributed by atoms with Gasteiger partial charge in [-0.3, -0.25) is 9.59 Å². The van der Waals surface area contributed by atoms with Crippen LogP contribution in [0.4, 0.5) is 5.69 Å². The highest BCUT2D eigenvalue weighted by Gasteiger charge is 2.20. The van der Waals surface area contributed by atoms with Gasteiger partial charge in [-0.25, -0.2) is 0 Å². The zero-order valence-electron chi connectivity index (χ0n) is 15.4. The van der Waals surface area contributed by atoms with E-state index in [1.807, 2.05) is 39.9 Å². The summed E-state index contributed by atoms with van der Waals surface area (Å²) in [5.74, 6) is 0.834. The van der Waals surface area contributed by atoms with Crippen molar-refractivity contribution in [1.29, 1.82) is 0 Å². The highest BCUT2D eigenvalue weighted by Crippen LogP contribution is 2.27. The molecule has 144 valence electrons. The fourth-order valence-corrected chi connectivity index (χ4v) is 3.39. The Hall–Kier alpha value is -2.38. The van der Waals surface area contributed by atoms with Gasteiger partial charge in [0, 0.05) is 35.9 Å². The highest BCUT2D eigenvalue weighted by atomic mass is 16.5. The lowest BCUT2D eigenvalue weighted by atomic mass is 10.2. The Morgan fingerprint density at radius 1 is 1.15 bits per heavy atom. The second-order valence-corrected chi connectivity index (χ2v) is 7.33. The molecule has 1 aromatic heterocycles. The molecular formula is C20H26N4O3. The first-order chi connectivity index (χ1) is 13.2. The molecule has 4 rings (SSSR count). The molecule has 0 unspecified atom stereocenters. The second-order valence-electron chi connectivity index (χ2n) is 7.33. The van der Waals surface area contributed by atoms with Crippen LogP contribution in [0.25, 0.3) is 10.9 Å². The standard InChI is InChI=1S/C20H26N4O3/c25-19(13-21-12-15-1-2-15)22-17-3-4-18-16(11-17)5-6-24(18)14-20(26)23-7-9-27-10-8-23/h3-6,11,15,21H,1-2,7-10,12-14H2,(H,22,25). The molecule has 0 spiro atoms. The number of carbonyl (C=O) groups excluding carboxylic acids is 2. The average Bonchev–Trinajstić information content (AvgIpc) is 3.42. The number of hydrogen-bond donors (Lipinski definition) is 2. The van der Waals surface area contributed by atoms with Crippen LogP contribution in [-0.4, -0.2) is 60.7 Å². The predicted molar refractivity (Wildman–Crippen MR) is 104 cm³/mol. The van der Waals surface area contributed by atoms with Crippen molar-refractivity contribution in [2.75, 3.05) is 44.7 Å². The van der Waals surface area contributed by atoms with Gasteiger partial charge in [-0.15, -0.1) is 0 Å². The van der Waals surface area contributed by atoms with Gasteiger partial charge in [0.1, 0.15) is 6.54 Å². The summed E-state index contributed by atoms with van der Waals surface area (Å²) >= 11 is 0. The lowest BCUT2D eigenvalue weighted by Crippen LogP contribution is -2.42. The van der Waals surface area contributed by atoms with E-state index in [0.29, 0.717) is 39.4 Å². The van der Waals surface area contributed by atoms with Gasteiger partial charge in [0.15, 0.2) is 0 Å². The fraction of sp³-hybridized carbons (Fsp3) is 0.500. The normalized spacial score (nSPS) is 17.3. The number of carbonyl (C=O) groups is 2. The summed E-state index contributed by atoms with van der Waals surface area (Å²) < 4.78 is 7.25. The molecule has 2 aliphatic rings. The van der Waals surface area contributed by atoms with Crippen LogP contribution >= 0.6 is 0 Å². The SMILES string of the molecule is O=C(CNCC1CC1)Nc1ccc2c(ccn2CC(=O)N2CCOCC2)c1. The summed E-state index contributed by atoms with van der Waals surface area (Å²) in [6, 6.07) is 7.76. The van der Waals surface area contributed by atoms with Crippen molar-refractivity contribution >= 4 is 28.4 Å². The summed E-state index contributed by atoms with van der Waals surface area (Å²) in [5, 5.41) is 7.13. The van der Waals surface area contributed by atoms with Crippen molar-refractivity contribution in [3.8, 4) is 0 Å². The molecule has 1 aliphatic carbocycles. The van der Waals surface area contributed by atoms with Crippen LogP contribution in [0.3, 0.4) is 0 Å². The topological polar surface area (TPSA) is 75.6 Å². The van der Waals surface area contributed by atoms with Crippen molar-refractivity contribution in [3.05, 3.63) is 30.5 Å². The number of hydrogen-bond acceptors (Lipinski definition) is 4. The van der Waals surface area contributed by atoms with Crippen LogP contribution in [0.5, 0.6) is 0 Å². The molecule has 7 nitrogen and oxygen atoms in total. The lowest BCUT2D eigenvalue weighted by Gasteiger charge is -2.27. The van der Waals surface area contributed by atoms with Crippen molar-refractivity contribution < 1.29 is 14.3 Å². The molecule has 1 aromatic carbocycles. The molecule has 1 aliphatic heterocycles. The number of anilines is 1. The second kappa shape index (κ2) is 8.10.